The summed E-state index contributed by atoms with van der Waals surface area (Å²) in [5.41, 5.74) is 0.367. The van der Waals surface area contributed by atoms with E-state index < -0.39 is 30.0 Å². The Hall–Kier alpha value is -2.74. The van der Waals surface area contributed by atoms with Gasteiger partial charge in [-0.3, -0.25) is 9.59 Å². The molecule has 26 heavy (non-hydrogen) atoms. The second-order valence-corrected chi connectivity index (χ2v) is 6.10. The third-order valence-corrected chi connectivity index (χ3v) is 4.06. The van der Waals surface area contributed by atoms with Gasteiger partial charge >= 0.3 is 5.97 Å². The van der Waals surface area contributed by atoms with Crippen LogP contribution in [0.15, 0.2) is 41.3 Å². The topological polar surface area (TPSA) is 72.5 Å². The summed E-state index contributed by atoms with van der Waals surface area (Å²) in [5.74, 6) is -3.66. The largest absolute Gasteiger partial charge is 0.454 e. The molecule has 0 unspecified atom stereocenters. The standard InChI is InChI=1S/C18H15F2NO4S/c1-10(22)21-15-7-11(3-4-17(15)26-2)16(23)9-25-18(24)12-5-13(19)8-14(20)6-12/h3-8H,9H2,1-2H3,(H,21,22). The van der Waals surface area contributed by atoms with Crippen LogP contribution in [0.25, 0.3) is 0 Å². The van der Waals surface area contributed by atoms with E-state index in [1.54, 1.807) is 6.07 Å². The molecule has 1 amide bonds. The summed E-state index contributed by atoms with van der Waals surface area (Å²) < 4.78 is 31.1. The number of benzene rings is 2. The number of carbonyl (C=O) groups is 3. The SMILES string of the molecule is CSc1ccc(C(=O)COC(=O)c2cc(F)cc(F)c2)cc1NC(C)=O. The van der Waals surface area contributed by atoms with Crippen LogP contribution in [0, 0.1) is 11.6 Å². The van der Waals surface area contributed by atoms with Crippen molar-refractivity contribution in [3.05, 3.63) is 59.2 Å². The predicted molar refractivity (Wildman–Crippen MR) is 93.5 cm³/mol. The number of nitrogens with one attached hydrogen (secondary N) is 1. The highest BCUT2D eigenvalue weighted by atomic mass is 32.2. The van der Waals surface area contributed by atoms with E-state index in [4.69, 9.17) is 4.74 Å². The van der Waals surface area contributed by atoms with Gasteiger partial charge in [0.05, 0.1) is 11.3 Å². The van der Waals surface area contributed by atoms with Crippen LogP contribution < -0.4 is 5.32 Å². The normalized spacial score (nSPS) is 10.3. The summed E-state index contributed by atoms with van der Waals surface area (Å²) >= 11 is 1.39. The molecule has 1 N–H and O–H groups in total. The molecule has 0 heterocycles. The molecule has 0 saturated heterocycles. The number of hydrogen-bond acceptors (Lipinski definition) is 5. The van der Waals surface area contributed by atoms with Gasteiger partial charge < -0.3 is 10.1 Å². The van der Waals surface area contributed by atoms with E-state index in [2.05, 4.69) is 5.32 Å². The molecule has 0 aromatic heterocycles. The average Bonchev–Trinajstić information content (AvgIpc) is 2.57. The number of thioether (sulfide) groups is 1. The molecule has 0 atom stereocenters. The van der Waals surface area contributed by atoms with Gasteiger partial charge in [0.2, 0.25) is 5.91 Å². The Balaban J connectivity index is 2.09. The Morgan fingerprint density at radius 2 is 1.69 bits per heavy atom. The van der Waals surface area contributed by atoms with Crippen LogP contribution in [0.2, 0.25) is 0 Å². The Labute approximate surface area is 152 Å². The van der Waals surface area contributed by atoms with Gasteiger partial charge in [-0.25, -0.2) is 13.6 Å². The van der Waals surface area contributed by atoms with Gasteiger partial charge in [-0.05, 0) is 30.5 Å². The smallest absolute Gasteiger partial charge is 0.338 e. The number of carbonyl (C=O) groups excluding carboxylic acids is 3. The number of amides is 1. The summed E-state index contributed by atoms with van der Waals surface area (Å²) in [6.45, 7) is 0.744. The molecule has 136 valence electrons. The Bertz CT molecular complexity index is 850. The van der Waals surface area contributed by atoms with Crippen LogP contribution >= 0.6 is 11.8 Å². The highest BCUT2D eigenvalue weighted by Gasteiger charge is 2.15. The fourth-order valence-electron chi connectivity index (χ4n) is 2.14. The minimum atomic E-state index is -1.01. The zero-order valence-electron chi connectivity index (χ0n) is 14.0. The van der Waals surface area contributed by atoms with Crippen LogP contribution in [0.1, 0.15) is 27.6 Å². The van der Waals surface area contributed by atoms with Crippen LogP contribution in [0.4, 0.5) is 14.5 Å². The minimum Gasteiger partial charge on any atom is -0.454 e. The van der Waals surface area contributed by atoms with E-state index in [9.17, 15) is 23.2 Å². The molecule has 0 aliphatic heterocycles. The number of anilines is 1. The van der Waals surface area contributed by atoms with E-state index in [1.165, 1.54) is 30.8 Å². The fraction of sp³-hybridized carbons (Fsp3) is 0.167. The van der Waals surface area contributed by atoms with Crippen molar-refractivity contribution in [1.29, 1.82) is 0 Å². The third-order valence-electron chi connectivity index (χ3n) is 3.26. The first-order chi connectivity index (χ1) is 12.3. The maximum atomic E-state index is 13.1. The summed E-state index contributed by atoms with van der Waals surface area (Å²) in [7, 11) is 0. The molecule has 2 rings (SSSR count). The molecule has 2 aromatic rings. The molecular formula is C18H15F2NO4S. The lowest BCUT2D eigenvalue weighted by molar-refractivity contribution is -0.114. The molecular weight excluding hydrogens is 364 g/mol. The van der Waals surface area contributed by atoms with E-state index in [0.29, 0.717) is 11.8 Å². The molecule has 0 aliphatic carbocycles. The maximum Gasteiger partial charge on any atom is 0.338 e. The Kier molecular flexibility index (Phi) is 6.46. The number of ether oxygens (including phenoxy) is 1. The van der Waals surface area contributed by atoms with E-state index in [0.717, 1.165) is 17.0 Å². The Morgan fingerprint density at radius 3 is 2.27 bits per heavy atom. The summed E-state index contributed by atoms with van der Waals surface area (Å²) in [6, 6.07) is 6.93. The van der Waals surface area contributed by atoms with E-state index in [1.807, 2.05) is 6.26 Å². The molecule has 5 nitrogen and oxygen atoms in total. The van der Waals surface area contributed by atoms with Crippen LogP contribution in [0.3, 0.4) is 0 Å². The summed E-state index contributed by atoms with van der Waals surface area (Å²) in [5, 5.41) is 2.62. The second kappa shape index (κ2) is 8.57. The van der Waals surface area contributed by atoms with E-state index in [-0.39, 0.29) is 17.0 Å². The lowest BCUT2D eigenvalue weighted by Gasteiger charge is -2.10. The predicted octanol–water partition coefficient (Wildman–Crippen LogP) is 3.68. The maximum absolute atomic E-state index is 13.1. The van der Waals surface area contributed by atoms with Crippen molar-refractivity contribution in [2.75, 3.05) is 18.2 Å². The minimum absolute atomic E-state index is 0.227. The van der Waals surface area contributed by atoms with Gasteiger partial charge in [0.1, 0.15) is 11.6 Å². The van der Waals surface area contributed by atoms with E-state index >= 15 is 0 Å². The summed E-state index contributed by atoms with van der Waals surface area (Å²) in [6.07, 6.45) is 1.82. The van der Waals surface area contributed by atoms with Crippen molar-refractivity contribution in [3.8, 4) is 0 Å². The zero-order chi connectivity index (χ0) is 19.3. The number of rotatable bonds is 6. The van der Waals surface area contributed by atoms with Gasteiger partial charge in [-0.1, -0.05) is 6.07 Å². The third kappa shape index (κ3) is 5.13. The van der Waals surface area contributed by atoms with Gasteiger partial charge in [0.25, 0.3) is 0 Å². The zero-order valence-corrected chi connectivity index (χ0v) is 14.8. The van der Waals surface area contributed by atoms with Crippen molar-refractivity contribution in [3.63, 3.8) is 0 Å². The van der Waals surface area contributed by atoms with Crippen molar-refractivity contribution < 1.29 is 27.9 Å². The van der Waals surface area contributed by atoms with Crippen molar-refractivity contribution in [1.82, 2.24) is 0 Å². The first-order valence-electron chi connectivity index (χ1n) is 7.42. The Morgan fingerprint density at radius 1 is 1.04 bits per heavy atom. The lowest BCUT2D eigenvalue weighted by Crippen LogP contribution is -2.15. The average molecular weight is 379 g/mol. The van der Waals surface area contributed by atoms with Crippen LogP contribution in [0.5, 0.6) is 0 Å². The molecule has 8 heteroatoms. The number of esters is 1. The molecule has 0 spiro atoms. The molecule has 0 bridgehead atoms. The van der Waals surface area contributed by atoms with Crippen LogP contribution in [-0.2, 0) is 9.53 Å². The van der Waals surface area contributed by atoms with Crippen LogP contribution in [-0.4, -0.2) is 30.5 Å². The molecule has 0 radical (unpaired) electrons. The van der Waals surface area contributed by atoms with Gasteiger partial charge in [-0.15, -0.1) is 11.8 Å². The highest BCUT2D eigenvalue weighted by molar-refractivity contribution is 7.98. The highest BCUT2D eigenvalue weighted by Crippen LogP contribution is 2.26. The van der Waals surface area contributed by atoms with Crippen molar-refractivity contribution in [2.45, 2.75) is 11.8 Å². The first kappa shape index (κ1) is 19.6. The second-order valence-electron chi connectivity index (χ2n) is 5.25. The summed E-state index contributed by atoms with van der Waals surface area (Å²) in [4.78, 5) is 36.1. The molecule has 0 aliphatic rings. The first-order valence-corrected chi connectivity index (χ1v) is 8.64. The number of halogens is 2. The van der Waals surface area contributed by atoms with Crippen molar-refractivity contribution in [2.24, 2.45) is 0 Å². The van der Waals surface area contributed by atoms with Crippen molar-refractivity contribution >= 4 is 35.1 Å². The fourth-order valence-corrected chi connectivity index (χ4v) is 2.67. The monoisotopic (exact) mass is 379 g/mol. The lowest BCUT2D eigenvalue weighted by atomic mass is 10.1. The molecule has 0 fully saturated rings. The number of ketones is 1. The number of Topliss-reactive ketones (excluding diaryl/α,β-unsaturated/α-hetero) is 1. The number of hydrogen-bond donors (Lipinski definition) is 1. The van der Waals surface area contributed by atoms with Gasteiger partial charge in [0.15, 0.2) is 12.4 Å². The molecule has 0 saturated carbocycles. The van der Waals surface area contributed by atoms with Gasteiger partial charge in [0, 0.05) is 23.4 Å². The molecule has 2 aromatic carbocycles. The quantitative estimate of drug-likeness (QED) is 0.471. The van der Waals surface area contributed by atoms with Gasteiger partial charge in [-0.2, -0.15) is 0 Å².